The first kappa shape index (κ1) is 9.97. The van der Waals surface area contributed by atoms with Gasteiger partial charge in [0, 0.05) is 12.5 Å². The summed E-state index contributed by atoms with van der Waals surface area (Å²) in [4.78, 5) is 11.8. The summed E-state index contributed by atoms with van der Waals surface area (Å²) in [6, 6.07) is 7.39. The zero-order chi connectivity index (χ0) is 10.8. The van der Waals surface area contributed by atoms with E-state index in [1.165, 1.54) is 5.56 Å². The van der Waals surface area contributed by atoms with Crippen molar-refractivity contribution in [2.75, 3.05) is 0 Å². The van der Waals surface area contributed by atoms with Crippen molar-refractivity contribution < 1.29 is 4.42 Å². The summed E-state index contributed by atoms with van der Waals surface area (Å²) in [7, 11) is 0. The van der Waals surface area contributed by atoms with Crippen molar-refractivity contribution >= 4 is 11.0 Å². The molecule has 78 valence electrons. The van der Waals surface area contributed by atoms with Crippen LogP contribution in [0.25, 0.3) is 11.0 Å². The van der Waals surface area contributed by atoms with Crippen LogP contribution in [0.5, 0.6) is 0 Å². The van der Waals surface area contributed by atoms with Crippen molar-refractivity contribution in [3.8, 4) is 0 Å². The zero-order valence-corrected chi connectivity index (χ0v) is 9.04. The highest BCUT2D eigenvalue weighted by atomic mass is 16.3. The number of hydrogen-bond donors (Lipinski definition) is 0. The largest absolute Gasteiger partial charge is 0.461 e. The maximum absolute atomic E-state index is 11.8. The third kappa shape index (κ3) is 1.80. The van der Waals surface area contributed by atoms with Crippen LogP contribution in [0.4, 0.5) is 0 Å². The molecule has 1 aromatic carbocycles. The molecule has 0 atom stereocenters. The van der Waals surface area contributed by atoms with Crippen molar-refractivity contribution in [3.63, 3.8) is 0 Å². The van der Waals surface area contributed by atoms with Gasteiger partial charge >= 0.3 is 0 Å². The van der Waals surface area contributed by atoms with Gasteiger partial charge in [-0.1, -0.05) is 19.9 Å². The number of hydrogen-bond acceptors (Lipinski definition) is 2. The van der Waals surface area contributed by atoms with Gasteiger partial charge in [-0.3, -0.25) is 4.79 Å². The third-order valence-corrected chi connectivity index (χ3v) is 2.60. The van der Waals surface area contributed by atoms with Crippen LogP contribution >= 0.6 is 0 Å². The summed E-state index contributed by atoms with van der Waals surface area (Å²) in [5.41, 5.74) is 1.92. The van der Waals surface area contributed by atoms with Crippen LogP contribution < -0.4 is 5.43 Å². The Hall–Kier alpha value is -1.57. The Morgan fingerprint density at radius 1 is 1.13 bits per heavy atom. The van der Waals surface area contributed by atoms with E-state index in [1.807, 2.05) is 25.1 Å². The van der Waals surface area contributed by atoms with E-state index >= 15 is 0 Å². The summed E-state index contributed by atoms with van der Waals surface area (Å²) in [5, 5.41) is 0.687. The Morgan fingerprint density at radius 2 is 1.93 bits per heavy atom. The average molecular weight is 202 g/mol. The van der Waals surface area contributed by atoms with Crippen LogP contribution in [0.15, 0.2) is 33.5 Å². The Balaban J connectivity index is 2.74. The zero-order valence-electron chi connectivity index (χ0n) is 9.04. The van der Waals surface area contributed by atoms with Crippen molar-refractivity contribution in [1.29, 1.82) is 0 Å². The third-order valence-electron chi connectivity index (χ3n) is 2.60. The molecule has 2 rings (SSSR count). The molecule has 0 spiro atoms. The van der Waals surface area contributed by atoms with Gasteiger partial charge in [0.1, 0.15) is 11.3 Å². The molecule has 0 saturated heterocycles. The van der Waals surface area contributed by atoms with Gasteiger partial charge in [-0.05, 0) is 24.1 Å². The molecule has 0 radical (unpaired) electrons. The summed E-state index contributed by atoms with van der Waals surface area (Å²) in [6.45, 7) is 4.05. The standard InChI is InChI=1S/C13H14O2/c1-3-9-5-6-13-11(7-9)12(14)8-10(4-2)15-13/h5-8H,3-4H2,1-2H3. The molecule has 1 heterocycles. The summed E-state index contributed by atoms with van der Waals surface area (Å²) < 4.78 is 5.59. The lowest BCUT2D eigenvalue weighted by atomic mass is 10.1. The van der Waals surface area contributed by atoms with E-state index in [9.17, 15) is 4.79 Å². The van der Waals surface area contributed by atoms with E-state index in [4.69, 9.17) is 4.42 Å². The monoisotopic (exact) mass is 202 g/mol. The topological polar surface area (TPSA) is 30.2 Å². The Labute approximate surface area is 88.5 Å². The second-order valence-electron chi connectivity index (χ2n) is 3.61. The number of aryl methyl sites for hydroxylation is 2. The minimum absolute atomic E-state index is 0.0587. The summed E-state index contributed by atoms with van der Waals surface area (Å²) in [6.07, 6.45) is 1.69. The lowest BCUT2D eigenvalue weighted by Gasteiger charge is -2.02. The molecule has 0 amide bonds. The molecule has 0 aliphatic heterocycles. The SMILES string of the molecule is CCc1ccc2oc(CC)cc(=O)c2c1. The van der Waals surface area contributed by atoms with Crippen molar-refractivity contribution in [3.05, 3.63) is 45.8 Å². The van der Waals surface area contributed by atoms with Gasteiger partial charge in [0.2, 0.25) is 0 Å². The van der Waals surface area contributed by atoms with E-state index in [2.05, 4.69) is 6.92 Å². The number of benzene rings is 1. The first-order chi connectivity index (χ1) is 7.24. The smallest absolute Gasteiger partial charge is 0.192 e. The Morgan fingerprint density at radius 3 is 2.60 bits per heavy atom. The summed E-state index contributed by atoms with van der Waals surface area (Å²) >= 11 is 0. The fourth-order valence-electron chi connectivity index (χ4n) is 1.65. The van der Waals surface area contributed by atoms with Crippen LogP contribution in [0.1, 0.15) is 25.2 Å². The van der Waals surface area contributed by atoms with E-state index in [0.717, 1.165) is 18.6 Å². The van der Waals surface area contributed by atoms with Gasteiger partial charge in [0.25, 0.3) is 0 Å². The maximum Gasteiger partial charge on any atom is 0.192 e. The van der Waals surface area contributed by atoms with Crippen LogP contribution in [-0.4, -0.2) is 0 Å². The van der Waals surface area contributed by atoms with Crippen LogP contribution in [0, 0.1) is 0 Å². The van der Waals surface area contributed by atoms with Crippen LogP contribution in [0.3, 0.4) is 0 Å². The first-order valence-corrected chi connectivity index (χ1v) is 5.30. The van der Waals surface area contributed by atoms with E-state index in [1.54, 1.807) is 6.07 Å². The molecule has 0 saturated carbocycles. The van der Waals surface area contributed by atoms with E-state index in [0.29, 0.717) is 11.0 Å². The molecule has 1 aromatic heterocycles. The average Bonchev–Trinajstić information content (AvgIpc) is 2.28. The minimum atomic E-state index is 0.0587. The molecule has 2 aromatic rings. The predicted molar refractivity (Wildman–Crippen MR) is 61.2 cm³/mol. The quantitative estimate of drug-likeness (QED) is 0.749. The van der Waals surface area contributed by atoms with Gasteiger partial charge in [0.05, 0.1) is 5.39 Å². The second-order valence-corrected chi connectivity index (χ2v) is 3.61. The van der Waals surface area contributed by atoms with Crippen molar-refractivity contribution in [2.45, 2.75) is 26.7 Å². The molecule has 15 heavy (non-hydrogen) atoms. The molecule has 0 aliphatic carbocycles. The lowest BCUT2D eigenvalue weighted by Crippen LogP contribution is -2.02. The van der Waals surface area contributed by atoms with E-state index < -0.39 is 0 Å². The fourth-order valence-corrected chi connectivity index (χ4v) is 1.65. The van der Waals surface area contributed by atoms with Gasteiger partial charge in [0.15, 0.2) is 5.43 Å². The lowest BCUT2D eigenvalue weighted by molar-refractivity contribution is 0.543. The number of fused-ring (bicyclic) bond motifs is 1. The maximum atomic E-state index is 11.8. The normalized spacial score (nSPS) is 10.8. The molecular formula is C13H14O2. The molecule has 0 bridgehead atoms. The van der Waals surface area contributed by atoms with Gasteiger partial charge in [-0.2, -0.15) is 0 Å². The van der Waals surface area contributed by atoms with Gasteiger partial charge < -0.3 is 4.42 Å². The van der Waals surface area contributed by atoms with Gasteiger partial charge in [-0.25, -0.2) is 0 Å². The highest BCUT2D eigenvalue weighted by molar-refractivity contribution is 5.77. The second kappa shape index (κ2) is 3.89. The minimum Gasteiger partial charge on any atom is -0.461 e. The fraction of sp³-hybridized carbons (Fsp3) is 0.308. The molecule has 0 N–H and O–H groups in total. The Bertz CT molecular complexity index is 538. The molecule has 0 unspecified atom stereocenters. The highest BCUT2D eigenvalue weighted by Crippen LogP contribution is 2.15. The van der Waals surface area contributed by atoms with Crippen molar-refractivity contribution in [1.82, 2.24) is 0 Å². The predicted octanol–water partition coefficient (Wildman–Crippen LogP) is 2.92. The molecular weight excluding hydrogens is 188 g/mol. The van der Waals surface area contributed by atoms with Crippen molar-refractivity contribution in [2.24, 2.45) is 0 Å². The van der Waals surface area contributed by atoms with Gasteiger partial charge in [-0.15, -0.1) is 0 Å². The summed E-state index contributed by atoms with van der Waals surface area (Å²) in [5.74, 6) is 0.747. The highest BCUT2D eigenvalue weighted by Gasteiger charge is 2.03. The molecule has 2 heteroatoms. The molecule has 0 aliphatic rings. The van der Waals surface area contributed by atoms with Crippen LogP contribution in [0.2, 0.25) is 0 Å². The Kier molecular flexibility index (Phi) is 2.58. The molecule has 0 fully saturated rings. The molecule has 2 nitrogen and oxygen atoms in total. The van der Waals surface area contributed by atoms with Crippen LogP contribution in [-0.2, 0) is 12.8 Å². The number of rotatable bonds is 2. The first-order valence-electron chi connectivity index (χ1n) is 5.30. The van der Waals surface area contributed by atoms with E-state index in [-0.39, 0.29) is 5.43 Å².